The van der Waals surface area contributed by atoms with Gasteiger partial charge in [0.25, 0.3) is 5.89 Å². The maximum absolute atomic E-state index is 14.1. The highest BCUT2D eigenvalue weighted by atomic mass is 19.1. The Hall–Kier alpha value is -3.88. The predicted molar refractivity (Wildman–Crippen MR) is 103 cm³/mol. The van der Waals surface area contributed by atoms with Gasteiger partial charge in [0, 0.05) is 5.56 Å². The highest BCUT2D eigenvalue weighted by Gasteiger charge is 2.22. The third-order valence-electron chi connectivity index (χ3n) is 4.30. The number of hydrogen-bond donors (Lipinski definition) is 0. The van der Waals surface area contributed by atoms with Gasteiger partial charge in [-0.15, -0.1) is 0 Å². The van der Waals surface area contributed by atoms with Crippen molar-refractivity contribution >= 4 is 5.97 Å². The first-order valence-electron chi connectivity index (χ1n) is 9.13. The first-order chi connectivity index (χ1) is 14.6. The van der Waals surface area contributed by atoms with Gasteiger partial charge in [-0.1, -0.05) is 35.5 Å². The molecule has 152 valence electrons. The SMILES string of the molecule is CCOC(=O)Cn1ncc(-c2nc(-c3cc(F)ccc3F)no2)c1-c1ccccc1. The van der Waals surface area contributed by atoms with Crippen LogP contribution in [0.4, 0.5) is 8.78 Å². The molecular formula is C21H16F2N4O3. The lowest BCUT2D eigenvalue weighted by Gasteiger charge is -2.08. The number of carbonyl (C=O) groups is 1. The van der Waals surface area contributed by atoms with E-state index >= 15 is 0 Å². The van der Waals surface area contributed by atoms with Crippen molar-refractivity contribution in [2.24, 2.45) is 0 Å². The number of hydrogen-bond acceptors (Lipinski definition) is 6. The Bertz CT molecular complexity index is 1190. The van der Waals surface area contributed by atoms with Gasteiger partial charge < -0.3 is 9.26 Å². The van der Waals surface area contributed by atoms with Crippen molar-refractivity contribution in [1.82, 2.24) is 19.9 Å². The van der Waals surface area contributed by atoms with Crippen molar-refractivity contribution in [2.45, 2.75) is 13.5 Å². The van der Waals surface area contributed by atoms with E-state index < -0.39 is 17.6 Å². The number of esters is 1. The lowest BCUT2D eigenvalue weighted by Crippen LogP contribution is -2.15. The Balaban J connectivity index is 1.78. The lowest BCUT2D eigenvalue weighted by atomic mass is 10.1. The fourth-order valence-electron chi connectivity index (χ4n) is 3.00. The molecule has 0 bridgehead atoms. The van der Waals surface area contributed by atoms with Crippen LogP contribution in [0.25, 0.3) is 34.1 Å². The molecule has 30 heavy (non-hydrogen) atoms. The number of aromatic nitrogens is 4. The van der Waals surface area contributed by atoms with Gasteiger partial charge in [0.2, 0.25) is 5.82 Å². The maximum Gasteiger partial charge on any atom is 0.327 e. The van der Waals surface area contributed by atoms with Gasteiger partial charge in [-0.3, -0.25) is 9.48 Å². The molecule has 2 aromatic carbocycles. The average Bonchev–Trinajstić information content (AvgIpc) is 3.38. The van der Waals surface area contributed by atoms with Crippen molar-refractivity contribution in [3.63, 3.8) is 0 Å². The smallest absolute Gasteiger partial charge is 0.327 e. The van der Waals surface area contributed by atoms with Gasteiger partial charge in [-0.2, -0.15) is 10.1 Å². The molecule has 0 spiro atoms. The monoisotopic (exact) mass is 410 g/mol. The van der Waals surface area contributed by atoms with Crippen molar-refractivity contribution in [1.29, 1.82) is 0 Å². The molecule has 0 aliphatic rings. The Labute approximate surface area is 169 Å². The molecule has 2 heterocycles. The fraction of sp³-hybridized carbons (Fsp3) is 0.143. The van der Waals surface area contributed by atoms with Gasteiger partial charge >= 0.3 is 5.97 Å². The summed E-state index contributed by atoms with van der Waals surface area (Å²) in [5.74, 6) is -1.78. The summed E-state index contributed by atoms with van der Waals surface area (Å²) in [4.78, 5) is 16.2. The molecule has 7 nitrogen and oxygen atoms in total. The first kappa shape index (κ1) is 19.4. The second-order valence-corrected chi connectivity index (χ2v) is 6.28. The minimum Gasteiger partial charge on any atom is -0.465 e. The fourth-order valence-corrected chi connectivity index (χ4v) is 3.00. The summed E-state index contributed by atoms with van der Waals surface area (Å²) in [5, 5.41) is 8.04. The molecule has 0 amide bonds. The van der Waals surface area contributed by atoms with Crippen LogP contribution in [0.15, 0.2) is 59.3 Å². The second-order valence-electron chi connectivity index (χ2n) is 6.28. The molecule has 0 N–H and O–H groups in total. The van der Waals surface area contributed by atoms with E-state index in [1.54, 1.807) is 6.92 Å². The molecule has 0 fully saturated rings. The van der Waals surface area contributed by atoms with Crippen molar-refractivity contribution in [3.8, 4) is 34.1 Å². The minimum atomic E-state index is -0.676. The molecule has 0 aliphatic carbocycles. The zero-order chi connectivity index (χ0) is 21.1. The van der Waals surface area contributed by atoms with E-state index in [-0.39, 0.29) is 30.4 Å². The van der Waals surface area contributed by atoms with Crippen LogP contribution in [0.5, 0.6) is 0 Å². The van der Waals surface area contributed by atoms with Gasteiger partial charge in [-0.05, 0) is 25.1 Å². The molecule has 4 aromatic rings. The van der Waals surface area contributed by atoms with E-state index in [0.717, 1.165) is 23.8 Å². The van der Waals surface area contributed by atoms with Crippen LogP contribution in [-0.4, -0.2) is 32.5 Å². The van der Waals surface area contributed by atoms with Gasteiger partial charge in [-0.25, -0.2) is 8.78 Å². The maximum atomic E-state index is 14.1. The van der Waals surface area contributed by atoms with Crippen LogP contribution < -0.4 is 0 Å². The molecule has 9 heteroatoms. The Morgan fingerprint density at radius 2 is 1.93 bits per heavy atom. The zero-order valence-electron chi connectivity index (χ0n) is 15.9. The van der Waals surface area contributed by atoms with Gasteiger partial charge in [0.05, 0.1) is 29.6 Å². The average molecular weight is 410 g/mol. The molecule has 0 atom stereocenters. The van der Waals surface area contributed by atoms with Gasteiger partial charge in [0.15, 0.2) is 0 Å². The number of rotatable bonds is 6. The van der Waals surface area contributed by atoms with E-state index in [4.69, 9.17) is 9.26 Å². The second kappa shape index (κ2) is 8.24. The summed E-state index contributed by atoms with van der Waals surface area (Å²) < 4.78 is 39.4. The van der Waals surface area contributed by atoms with Crippen molar-refractivity contribution in [2.75, 3.05) is 6.61 Å². The van der Waals surface area contributed by atoms with Crippen LogP contribution in [0, 0.1) is 11.6 Å². The summed E-state index contributed by atoms with van der Waals surface area (Å²) in [5.41, 5.74) is 1.63. The Morgan fingerprint density at radius 3 is 2.70 bits per heavy atom. The van der Waals surface area contributed by atoms with Gasteiger partial charge in [0.1, 0.15) is 18.2 Å². The minimum absolute atomic E-state index is 0.0580. The van der Waals surface area contributed by atoms with Crippen LogP contribution in [0.2, 0.25) is 0 Å². The van der Waals surface area contributed by atoms with E-state index in [9.17, 15) is 13.6 Å². The van der Waals surface area contributed by atoms with Crippen LogP contribution in [0.3, 0.4) is 0 Å². The molecule has 2 aromatic heterocycles. The topological polar surface area (TPSA) is 83.0 Å². The highest BCUT2D eigenvalue weighted by molar-refractivity contribution is 5.79. The zero-order valence-corrected chi connectivity index (χ0v) is 15.9. The van der Waals surface area contributed by atoms with E-state index in [1.165, 1.54) is 10.9 Å². The van der Waals surface area contributed by atoms with Crippen molar-refractivity contribution < 1.29 is 22.8 Å². The van der Waals surface area contributed by atoms with Crippen LogP contribution in [-0.2, 0) is 16.1 Å². The molecule has 0 saturated heterocycles. The lowest BCUT2D eigenvalue weighted by molar-refractivity contribution is -0.144. The Morgan fingerprint density at radius 1 is 1.13 bits per heavy atom. The van der Waals surface area contributed by atoms with E-state index in [0.29, 0.717) is 11.3 Å². The number of nitrogens with zero attached hydrogens (tertiary/aromatic N) is 4. The standard InChI is InChI=1S/C21H16F2N4O3/c1-2-29-18(28)12-27-19(13-6-4-3-5-7-13)16(11-24-27)21-25-20(26-30-21)15-10-14(22)8-9-17(15)23/h3-11H,2,12H2,1H3. The predicted octanol–water partition coefficient (Wildman–Crippen LogP) is 4.11. The number of benzene rings is 2. The molecule has 0 aliphatic heterocycles. The summed E-state index contributed by atoms with van der Waals surface area (Å²) >= 11 is 0. The summed E-state index contributed by atoms with van der Waals surface area (Å²) in [7, 11) is 0. The van der Waals surface area contributed by atoms with E-state index in [1.807, 2.05) is 30.3 Å². The largest absolute Gasteiger partial charge is 0.465 e. The third-order valence-corrected chi connectivity index (χ3v) is 4.30. The van der Waals surface area contributed by atoms with Crippen molar-refractivity contribution in [3.05, 3.63) is 66.4 Å². The molecule has 4 rings (SSSR count). The summed E-state index contributed by atoms with van der Waals surface area (Å²) in [6.07, 6.45) is 1.47. The first-order valence-corrected chi connectivity index (χ1v) is 9.13. The number of ether oxygens (including phenoxy) is 1. The third kappa shape index (κ3) is 3.82. The Kier molecular flexibility index (Phi) is 5.34. The molecule has 0 radical (unpaired) electrons. The molecule has 0 saturated carbocycles. The van der Waals surface area contributed by atoms with Crippen LogP contribution >= 0.6 is 0 Å². The van der Waals surface area contributed by atoms with Crippen LogP contribution in [0.1, 0.15) is 6.92 Å². The quantitative estimate of drug-likeness (QED) is 0.445. The molecule has 0 unspecified atom stereocenters. The number of halogens is 2. The number of carbonyl (C=O) groups excluding carboxylic acids is 1. The summed E-state index contributed by atoms with van der Waals surface area (Å²) in [6, 6.07) is 12.2. The normalized spacial score (nSPS) is 10.9. The molecular weight excluding hydrogens is 394 g/mol. The summed E-state index contributed by atoms with van der Waals surface area (Å²) in [6.45, 7) is 1.85. The highest BCUT2D eigenvalue weighted by Crippen LogP contribution is 2.32. The van der Waals surface area contributed by atoms with E-state index in [2.05, 4.69) is 15.2 Å².